The van der Waals surface area contributed by atoms with Crippen molar-refractivity contribution in [3.8, 4) is 0 Å². The summed E-state index contributed by atoms with van der Waals surface area (Å²) in [5.74, 6) is 0.186. The Labute approximate surface area is 154 Å². The van der Waals surface area contributed by atoms with Crippen LogP contribution >= 0.6 is 0 Å². The van der Waals surface area contributed by atoms with Crippen molar-refractivity contribution in [1.82, 2.24) is 15.8 Å². The first-order valence-electron chi connectivity index (χ1n) is 9.62. The number of rotatable bonds is 3. The number of hydrazine groups is 1. The summed E-state index contributed by atoms with van der Waals surface area (Å²) in [6.07, 6.45) is 2.09. The number of aliphatic hydroxyl groups excluding tert-OH is 1. The van der Waals surface area contributed by atoms with E-state index in [9.17, 15) is 9.90 Å². The number of hydrogen-bond donors (Lipinski definition) is 3. The van der Waals surface area contributed by atoms with Gasteiger partial charge in [-0.05, 0) is 35.6 Å². The Morgan fingerprint density at radius 1 is 1.19 bits per heavy atom. The van der Waals surface area contributed by atoms with E-state index in [4.69, 9.17) is 0 Å². The zero-order chi connectivity index (χ0) is 18.1. The molecule has 3 N–H and O–H groups in total. The third-order valence-electron chi connectivity index (χ3n) is 5.87. The average Bonchev–Trinajstić information content (AvgIpc) is 3.16. The monoisotopic (exact) mass is 353 g/mol. The third-order valence-corrected chi connectivity index (χ3v) is 5.87. The molecule has 138 valence electrons. The number of amides is 1. The lowest BCUT2D eigenvalue weighted by Gasteiger charge is -2.37. The lowest BCUT2D eigenvalue weighted by Crippen LogP contribution is -2.52. The second-order valence-electron chi connectivity index (χ2n) is 7.54. The lowest BCUT2D eigenvalue weighted by atomic mass is 9.86. The molecule has 5 heteroatoms. The van der Waals surface area contributed by atoms with Gasteiger partial charge in [-0.2, -0.15) is 0 Å². The van der Waals surface area contributed by atoms with Crippen LogP contribution in [0.2, 0.25) is 0 Å². The molecule has 2 saturated heterocycles. The maximum atomic E-state index is 12.7. The van der Waals surface area contributed by atoms with E-state index in [0.717, 1.165) is 24.8 Å². The molecule has 4 atom stereocenters. The minimum Gasteiger partial charge on any atom is -0.391 e. The van der Waals surface area contributed by atoms with Crippen molar-refractivity contribution in [3.05, 3.63) is 48.0 Å². The fraction of sp³-hybridized carbons (Fsp3) is 0.476. The number of hydrogen-bond acceptors (Lipinski definition) is 4. The van der Waals surface area contributed by atoms with Gasteiger partial charge in [-0.3, -0.25) is 10.2 Å². The number of fused-ring (bicyclic) bond motifs is 1. The molecular weight excluding hydrogens is 326 g/mol. The number of carbonyl (C=O) groups excluding carboxylic acids is 1. The van der Waals surface area contributed by atoms with E-state index in [1.165, 1.54) is 10.8 Å². The van der Waals surface area contributed by atoms with Gasteiger partial charge >= 0.3 is 0 Å². The molecule has 0 aromatic heterocycles. The summed E-state index contributed by atoms with van der Waals surface area (Å²) in [4.78, 5) is 14.6. The molecule has 0 aliphatic carbocycles. The Morgan fingerprint density at radius 2 is 2.00 bits per heavy atom. The van der Waals surface area contributed by atoms with Gasteiger partial charge in [0.1, 0.15) is 6.04 Å². The number of benzene rings is 2. The minimum atomic E-state index is -0.523. The molecule has 0 radical (unpaired) electrons. The highest BCUT2D eigenvalue weighted by molar-refractivity contribution is 5.83. The van der Waals surface area contributed by atoms with Crippen molar-refractivity contribution in [2.24, 2.45) is 0 Å². The van der Waals surface area contributed by atoms with E-state index < -0.39 is 6.10 Å². The van der Waals surface area contributed by atoms with Crippen LogP contribution in [0.3, 0.4) is 0 Å². The van der Waals surface area contributed by atoms with Gasteiger partial charge in [0.25, 0.3) is 0 Å². The summed E-state index contributed by atoms with van der Waals surface area (Å²) in [5, 5.41) is 13.1. The van der Waals surface area contributed by atoms with E-state index >= 15 is 0 Å². The van der Waals surface area contributed by atoms with Gasteiger partial charge in [0.05, 0.1) is 6.10 Å². The van der Waals surface area contributed by atoms with Gasteiger partial charge in [0, 0.05) is 25.0 Å². The Kier molecular flexibility index (Phi) is 4.94. The topological polar surface area (TPSA) is 64.6 Å². The lowest BCUT2D eigenvalue weighted by molar-refractivity contribution is -0.136. The van der Waals surface area contributed by atoms with Gasteiger partial charge in [-0.15, -0.1) is 0 Å². The largest absolute Gasteiger partial charge is 0.391 e. The standard InChI is InChI=1S/C21H27N3O2/c1-2-17-12-19(23-22-17)21(26)24-10-9-18(20(25)13-24)16-8-7-14-5-3-4-6-15(14)11-16/h3-8,11,17-20,22-23,25H,2,9-10,12-13H2,1H3/t17?,18-,19?,20+/m1/s1. The number of carbonyl (C=O) groups is 1. The molecule has 2 aromatic carbocycles. The molecule has 0 bridgehead atoms. The number of β-amino-alcohol motifs (C(OH)–C–C–N with tert-alkyl or cyclic N) is 1. The number of nitrogens with one attached hydrogen (secondary N) is 2. The zero-order valence-electron chi connectivity index (χ0n) is 15.2. The van der Waals surface area contributed by atoms with Crippen LogP contribution in [0.5, 0.6) is 0 Å². The van der Waals surface area contributed by atoms with Gasteiger partial charge < -0.3 is 10.0 Å². The highest BCUT2D eigenvalue weighted by atomic mass is 16.3. The first-order chi connectivity index (χ1) is 12.7. The normalized spacial score (nSPS) is 29.2. The fourth-order valence-electron chi connectivity index (χ4n) is 4.23. The van der Waals surface area contributed by atoms with Gasteiger partial charge in [0.15, 0.2) is 0 Å². The van der Waals surface area contributed by atoms with Crippen molar-refractivity contribution in [2.45, 2.75) is 50.3 Å². The fourth-order valence-corrected chi connectivity index (χ4v) is 4.23. The first-order valence-corrected chi connectivity index (χ1v) is 9.62. The third kappa shape index (κ3) is 3.34. The molecule has 2 aliphatic rings. The molecule has 5 nitrogen and oxygen atoms in total. The van der Waals surface area contributed by atoms with Crippen molar-refractivity contribution in [2.75, 3.05) is 13.1 Å². The predicted molar refractivity (Wildman–Crippen MR) is 103 cm³/mol. The molecule has 4 rings (SSSR count). The van der Waals surface area contributed by atoms with Crippen LogP contribution in [0.1, 0.15) is 37.7 Å². The summed E-state index contributed by atoms with van der Waals surface area (Å²) in [6.45, 7) is 3.22. The Hall–Kier alpha value is -1.95. The predicted octanol–water partition coefficient (Wildman–Crippen LogP) is 2.16. The van der Waals surface area contributed by atoms with E-state index in [-0.39, 0.29) is 17.9 Å². The van der Waals surface area contributed by atoms with Crippen LogP contribution in [0.4, 0.5) is 0 Å². The smallest absolute Gasteiger partial charge is 0.241 e. The minimum absolute atomic E-state index is 0.0849. The number of piperidine rings is 1. The van der Waals surface area contributed by atoms with Crippen LogP contribution < -0.4 is 10.9 Å². The molecular formula is C21H27N3O2. The summed E-state index contributed by atoms with van der Waals surface area (Å²) in [7, 11) is 0. The van der Waals surface area contributed by atoms with E-state index in [0.29, 0.717) is 19.1 Å². The zero-order valence-corrected chi connectivity index (χ0v) is 15.2. The Bertz CT molecular complexity index is 794. The van der Waals surface area contributed by atoms with Crippen molar-refractivity contribution in [1.29, 1.82) is 0 Å². The SMILES string of the molecule is CCC1CC(C(=O)N2CC[C@H](c3ccc4ccccc4c3)[C@@H](O)C2)NN1. The molecule has 26 heavy (non-hydrogen) atoms. The first kappa shape index (κ1) is 17.5. The molecule has 0 saturated carbocycles. The second-order valence-corrected chi connectivity index (χ2v) is 7.54. The highest BCUT2D eigenvalue weighted by Crippen LogP contribution is 2.31. The van der Waals surface area contributed by atoms with Crippen LogP contribution in [0.15, 0.2) is 42.5 Å². The average molecular weight is 353 g/mol. The number of likely N-dealkylation sites (tertiary alicyclic amines) is 1. The van der Waals surface area contributed by atoms with Crippen molar-refractivity contribution in [3.63, 3.8) is 0 Å². The molecule has 2 aliphatic heterocycles. The molecule has 2 unspecified atom stereocenters. The summed E-state index contributed by atoms with van der Waals surface area (Å²) < 4.78 is 0. The van der Waals surface area contributed by atoms with E-state index in [1.54, 1.807) is 0 Å². The van der Waals surface area contributed by atoms with Crippen LogP contribution in [-0.2, 0) is 4.79 Å². The second kappa shape index (κ2) is 7.35. The summed E-state index contributed by atoms with van der Waals surface area (Å²) in [6, 6.07) is 14.9. The Morgan fingerprint density at radius 3 is 2.73 bits per heavy atom. The maximum absolute atomic E-state index is 12.7. The van der Waals surface area contributed by atoms with E-state index in [1.807, 2.05) is 17.0 Å². The van der Waals surface area contributed by atoms with Crippen molar-refractivity contribution >= 4 is 16.7 Å². The number of aliphatic hydroxyl groups is 1. The van der Waals surface area contributed by atoms with Crippen LogP contribution in [-0.4, -0.2) is 47.2 Å². The summed E-state index contributed by atoms with van der Waals surface area (Å²) in [5.41, 5.74) is 7.45. The van der Waals surface area contributed by atoms with Gasteiger partial charge in [0.2, 0.25) is 5.91 Å². The molecule has 2 fully saturated rings. The van der Waals surface area contributed by atoms with Crippen LogP contribution in [0, 0.1) is 0 Å². The number of nitrogens with zero attached hydrogens (tertiary/aromatic N) is 1. The van der Waals surface area contributed by atoms with Gasteiger partial charge in [-0.25, -0.2) is 5.43 Å². The van der Waals surface area contributed by atoms with E-state index in [2.05, 4.69) is 48.1 Å². The quantitative estimate of drug-likeness (QED) is 0.791. The summed E-state index contributed by atoms with van der Waals surface area (Å²) >= 11 is 0. The van der Waals surface area contributed by atoms with Gasteiger partial charge in [-0.1, -0.05) is 49.4 Å². The van der Waals surface area contributed by atoms with Crippen LogP contribution in [0.25, 0.3) is 10.8 Å². The molecule has 0 spiro atoms. The molecule has 2 heterocycles. The maximum Gasteiger partial charge on any atom is 0.241 e. The van der Waals surface area contributed by atoms with Crippen molar-refractivity contribution < 1.29 is 9.90 Å². The Balaban J connectivity index is 1.43. The molecule has 1 amide bonds. The molecule has 2 aromatic rings. The highest BCUT2D eigenvalue weighted by Gasteiger charge is 2.36.